The Bertz CT molecular complexity index is 299. The summed E-state index contributed by atoms with van der Waals surface area (Å²) in [6, 6.07) is 5.97. The zero-order valence-electron chi connectivity index (χ0n) is 7.09. The van der Waals surface area contributed by atoms with Crippen LogP contribution in [0, 0.1) is 0 Å². The van der Waals surface area contributed by atoms with Crippen LogP contribution in [0.3, 0.4) is 0 Å². The van der Waals surface area contributed by atoms with Gasteiger partial charge in [0.25, 0.3) is 0 Å². The number of rotatable bonds is 4. The van der Waals surface area contributed by atoms with Gasteiger partial charge in [-0.1, -0.05) is 22.0 Å². The Kier molecular flexibility index (Phi) is 4.46. The molecule has 0 aliphatic rings. The molecular formula is C10H10BrClO. The molecule has 0 aromatic heterocycles. The van der Waals surface area contributed by atoms with Crippen LogP contribution in [0.2, 0.25) is 0 Å². The number of hydrogen-bond acceptors (Lipinski definition) is 1. The van der Waals surface area contributed by atoms with Gasteiger partial charge in [0.15, 0.2) is 0 Å². The SMILES string of the molecule is O=CCCc1ccc(Br)cc1CCl. The van der Waals surface area contributed by atoms with Crippen molar-refractivity contribution >= 4 is 33.8 Å². The number of carbonyl (C=O) groups is 1. The van der Waals surface area contributed by atoms with Crippen LogP contribution in [-0.4, -0.2) is 6.29 Å². The normalized spacial score (nSPS) is 10.0. The number of hydrogen-bond donors (Lipinski definition) is 0. The molecular weight excluding hydrogens is 251 g/mol. The van der Waals surface area contributed by atoms with E-state index in [-0.39, 0.29) is 0 Å². The standard InChI is InChI=1S/C10H10BrClO/c11-10-4-3-8(2-1-5-13)9(6-10)7-12/h3-6H,1-2,7H2. The predicted octanol–water partition coefficient (Wildman–Crippen LogP) is 3.32. The van der Waals surface area contributed by atoms with Crippen molar-refractivity contribution in [3.8, 4) is 0 Å². The Morgan fingerprint density at radius 1 is 1.38 bits per heavy atom. The first-order chi connectivity index (χ1) is 6.27. The summed E-state index contributed by atoms with van der Waals surface area (Å²) in [4.78, 5) is 10.2. The number of aryl methyl sites for hydroxylation is 1. The molecule has 0 heterocycles. The zero-order valence-corrected chi connectivity index (χ0v) is 9.44. The van der Waals surface area contributed by atoms with Crippen molar-refractivity contribution in [3.63, 3.8) is 0 Å². The minimum atomic E-state index is 0.494. The number of alkyl halides is 1. The molecule has 13 heavy (non-hydrogen) atoms. The highest BCUT2D eigenvalue weighted by molar-refractivity contribution is 9.10. The third-order valence-electron chi connectivity index (χ3n) is 1.84. The molecule has 0 aliphatic carbocycles. The maximum Gasteiger partial charge on any atom is 0.120 e. The quantitative estimate of drug-likeness (QED) is 0.600. The molecule has 1 aromatic rings. The summed E-state index contributed by atoms with van der Waals surface area (Å²) in [5.74, 6) is 0.494. The van der Waals surface area contributed by atoms with E-state index in [1.54, 1.807) is 0 Å². The molecule has 70 valence electrons. The molecule has 3 heteroatoms. The fourth-order valence-corrected chi connectivity index (χ4v) is 1.83. The maximum absolute atomic E-state index is 10.2. The van der Waals surface area contributed by atoms with Crippen molar-refractivity contribution in [3.05, 3.63) is 33.8 Å². The van der Waals surface area contributed by atoms with Crippen LogP contribution in [-0.2, 0) is 17.1 Å². The lowest BCUT2D eigenvalue weighted by molar-refractivity contribution is -0.107. The Morgan fingerprint density at radius 2 is 2.15 bits per heavy atom. The van der Waals surface area contributed by atoms with E-state index in [9.17, 15) is 4.79 Å². The first-order valence-corrected chi connectivity index (χ1v) is 5.37. The Balaban J connectivity index is 2.85. The van der Waals surface area contributed by atoms with E-state index in [0.717, 1.165) is 28.3 Å². The topological polar surface area (TPSA) is 17.1 Å². The highest BCUT2D eigenvalue weighted by atomic mass is 79.9. The second kappa shape index (κ2) is 5.40. The van der Waals surface area contributed by atoms with Gasteiger partial charge in [-0.2, -0.15) is 0 Å². The van der Waals surface area contributed by atoms with Gasteiger partial charge in [0.1, 0.15) is 6.29 Å². The molecule has 0 N–H and O–H groups in total. The van der Waals surface area contributed by atoms with Gasteiger partial charge in [0.2, 0.25) is 0 Å². The molecule has 0 spiro atoms. The maximum atomic E-state index is 10.2. The van der Waals surface area contributed by atoms with E-state index in [1.807, 2.05) is 18.2 Å². The molecule has 0 aliphatic heterocycles. The first-order valence-electron chi connectivity index (χ1n) is 4.05. The molecule has 0 amide bonds. The lowest BCUT2D eigenvalue weighted by Crippen LogP contribution is -1.92. The fraction of sp³-hybridized carbons (Fsp3) is 0.300. The van der Waals surface area contributed by atoms with Crippen LogP contribution in [0.25, 0.3) is 0 Å². The van der Waals surface area contributed by atoms with E-state index >= 15 is 0 Å². The van der Waals surface area contributed by atoms with Gasteiger partial charge >= 0.3 is 0 Å². The molecule has 0 bridgehead atoms. The van der Waals surface area contributed by atoms with E-state index < -0.39 is 0 Å². The van der Waals surface area contributed by atoms with Gasteiger partial charge in [-0.15, -0.1) is 11.6 Å². The largest absolute Gasteiger partial charge is 0.303 e. The summed E-state index contributed by atoms with van der Waals surface area (Å²) in [6.45, 7) is 0. The molecule has 0 saturated carbocycles. The van der Waals surface area contributed by atoms with E-state index in [1.165, 1.54) is 0 Å². The van der Waals surface area contributed by atoms with Crippen molar-refractivity contribution in [2.45, 2.75) is 18.7 Å². The van der Waals surface area contributed by atoms with Crippen LogP contribution in [0.5, 0.6) is 0 Å². The third kappa shape index (κ3) is 3.12. The summed E-state index contributed by atoms with van der Waals surface area (Å²) in [7, 11) is 0. The van der Waals surface area contributed by atoms with Gasteiger partial charge < -0.3 is 4.79 Å². The van der Waals surface area contributed by atoms with Crippen LogP contribution < -0.4 is 0 Å². The predicted molar refractivity (Wildman–Crippen MR) is 58.1 cm³/mol. The Morgan fingerprint density at radius 3 is 2.77 bits per heavy atom. The minimum absolute atomic E-state index is 0.494. The number of halogens is 2. The highest BCUT2D eigenvalue weighted by Gasteiger charge is 2.01. The molecule has 1 nitrogen and oxygen atoms in total. The lowest BCUT2D eigenvalue weighted by atomic mass is 10.0. The van der Waals surface area contributed by atoms with E-state index in [4.69, 9.17) is 11.6 Å². The molecule has 0 fully saturated rings. The fourth-order valence-electron chi connectivity index (χ4n) is 1.18. The highest BCUT2D eigenvalue weighted by Crippen LogP contribution is 2.19. The molecule has 1 rings (SSSR count). The second-order valence-corrected chi connectivity index (χ2v) is 3.93. The minimum Gasteiger partial charge on any atom is -0.303 e. The van der Waals surface area contributed by atoms with Crippen LogP contribution in [0.4, 0.5) is 0 Å². The van der Waals surface area contributed by atoms with E-state index in [2.05, 4.69) is 15.9 Å². The Hall–Kier alpha value is -0.340. The van der Waals surface area contributed by atoms with Crippen molar-refractivity contribution in [1.82, 2.24) is 0 Å². The van der Waals surface area contributed by atoms with Crippen molar-refractivity contribution < 1.29 is 4.79 Å². The van der Waals surface area contributed by atoms with Crippen molar-refractivity contribution in [1.29, 1.82) is 0 Å². The first kappa shape index (κ1) is 10.7. The second-order valence-electron chi connectivity index (χ2n) is 2.75. The summed E-state index contributed by atoms with van der Waals surface area (Å²) in [5, 5.41) is 0. The van der Waals surface area contributed by atoms with Crippen LogP contribution in [0.1, 0.15) is 17.5 Å². The molecule has 0 atom stereocenters. The van der Waals surface area contributed by atoms with Crippen LogP contribution in [0.15, 0.2) is 22.7 Å². The molecule has 0 saturated heterocycles. The lowest BCUT2D eigenvalue weighted by Gasteiger charge is -2.05. The third-order valence-corrected chi connectivity index (χ3v) is 2.62. The molecule has 1 aromatic carbocycles. The van der Waals surface area contributed by atoms with Crippen molar-refractivity contribution in [2.75, 3.05) is 0 Å². The number of aldehydes is 1. The molecule has 0 radical (unpaired) electrons. The summed E-state index contributed by atoms with van der Waals surface area (Å²) in [5.41, 5.74) is 2.25. The summed E-state index contributed by atoms with van der Waals surface area (Å²) >= 11 is 9.15. The average molecular weight is 262 g/mol. The van der Waals surface area contributed by atoms with Crippen molar-refractivity contribution in [2.24, 2.45) is 0 Å². The smallest absolute Gasteiger partial charge is 0.120 e. The molecule has 0 unspecified atom stereocenters. The van der Waals surface area contributed by atoms with E-state index in [0.29, 0.717) is 12.3 Å². The van der Waals surface area contributed by atoms with Gasteiger partial charge in [0, 0.05) is 16.8 Å². The zero-order chi connectivity index (χ0) is 9.68. The summed E-state index contributed by atoms with van der Waals surface area (Å²) < 4.78 is 1.03. The summed E-state index contributed by atoms with van der Waals surface area (Å²) in [6.07, 6.45) is 2.27. The average Bonchev–Trinajstić information content (AvgIpc) is 2.16. The number of carbonyl (C=O) groups excluding carboxylic acids is 1. The van der Waals surface area contributed by atoms with Gasteiger partial charge in [-0.25, -0.2) is 0 Å². The number of benzene rings is 1. The van der Waals surface area contributed by atoms with Gasteiger partial charge in [-0.05, 0) is 29.7 Å². The Labute approximate surface area is 91.2 Å². The van der Waals surface area contributed by atoms with Gasteiger partial charge in [0.05, 0.1) is 0 Å². The van der Waals surface area contributed by atoms with Gasteiger partial charge in [-0.3, -0.25) is 0 Å². The van der Waals surface area contributed by atoms with Crippen LogP contribution >= 0.6 is 27.5 Å². The monoisotopic (exact) mass is 260 g/mol.